The summed E-state index contributed by atoms with van der Waals surface area (Å²) >= 11 is 9.48. The average Bonchev–Trinajstić information content (AvgIpc) is 2.97. The molecule has 0 amide bonds. The molecule has 0 unspecified atom stereocenters. The summed E-state index contributed by atoms with van der Waals surface area (Å²) in [6.45, 7) is 2.88. The van der Waals surface area contributed by atoms with Gasteiger partial charge in [0.2, 0.25) is 0 Å². The van der Waals surface area contributed by atoms with Crippen molar-refractivity contribution in [3.63, 3.8) is 0 Å². The van der Waals surface area contributed by atoms with E-state index in [0.29, 0.717) is 5.15 Å². The second-order valence-electron chi connectivity index (χ2n) is 4.07. The van der Waals surface area contributed by atoms with Gasteiger partial charge >= 0.3 is 0 Å². The molecule has 3 aromatic rings. The molecule has 0 saturated heterocycles. The molecular formula is C13H11ClN2S2. The fourth-order valence-corrected chi connectivity index (χ4v) is 3.66. The van der Waals surface area contributed by atoms with Crippen LogP contribution in [0.3, 0.4) is 0 Å². The van der Waals surface area contributed by atoms with Gasteiger partial charge in [-0.05, 0) is 40.3 Å². The zero-order chi connectivity index (χ0) is 12.5. The van der Waals surface area contributed by atoms with E-state index in [4.69, 9.17) is 11.6 Å². The molecule has 18 heavy (non-hydrogen) atoms. The summed E-state index contributed by atoms with van der Waals surface area (Å²) in [4.78, 5) is 4.38. The Morgan fingerprint density at radius 2 is 2.28 bits per heavy atom. The minimum Gasteiger partial charge on any atom is -0.380 e. The number of anilines is 1. The third-order valence-corrected chi connectivity index (χ3v) is 4.78. The Labute approximate surface area is 118 Å². The Morgan fingerprint density at radius 3 is 3.06 bits per heavy atom. The van der Waals surface area contributed by atoms with Gasteiger partial charge in [0.15, 0.2) is 0 Å². The Bertz CT molecular complexity index is 674. The van der Waals surface area contributed by atoms with Crippen LogP contribution < -0.4 is 5.32 Å². The standard InChI is InChI=1S/C13H11ClN2S2/c1-8-6-18-13-10(4-11(14)16-12(8)13)15-5-9-2-3-17-7-9/h2-4,6-7H,5H2,1H3,(H,15,16). The molecule has 0 atom stereocenters. The van der Waals surface area contributed by atoms with E-state index in [9.17, 15) is 0 Å². The molecule has 1 N–H and O–H groups in total. The summed E-state index contributed by atoms with van der Waals surface area (Å²) in [5, 5.41) is 10.3. The highest BCUT2D eigenvalue weighted by molar-refractivity contribution is 7.18. The van der Waals surface area contributed by atoms with Crippen LogP contribution in [0.5, 0.6) is 0 Å². The highest BCUT2D eigenvalue weighted by atomic mass is 35.5. The molecule has 92 valence electrons. The number of rotatable bonds is 3. The lowest BCUT2D eigenvalue weighted by atomic mass is 10.2. The van der Waals surface area contributed by atoms with Gasteiger partial charge in [0, 0.05) is 12.6 Å². The second kappa shape index (κ2) is 4.88. The lowest BCUT2D eigenvalue weighted by Crippen LogP contribution is -1.98. The number of nitrogens with one attached hydrogen (secondary N) is 1. The van der Waals surface area contributed by atoms with Crippen molar-refractivity contribution >= 4 is 50.2 Å². The fourth-order valence-electron chi connectivity index (χ4n) is 1.81. The maximum Gasteiger partial charge on any atom is 0.131 e. The van der Waals surface area contributed by atoms with Crippen LogP contribution in [0, 0.1) is 6.92 Å². The average molecular weight is 295 g/mol. The molecule has 0 spiro atoms. The van der Waals surface area contributed by atoms with E-state index in [2.05, 4.69) is 39.4 Å². The van der Waals surface area contributed by atoms with Crippen LogP contribution in [0.25, 0.3) is 10.2 Å². The van der Waals surface area contributed by atoms with Crippen LogP contribution >= 0.6 is 34.3 Å². The van der Waals surface area contributed by atoms with Gasteiger partial charge in [0.05, 0.1) is 15.9 Å². The molecule has 0 radical (unpaired) electrons. The van der Waals surface area contributed by atoms with Crippen LogP contribution in [-0.4, -0.2) is 4.98 Å². The highest BCUT2D eigenvalue weighted by Gasteiger charge is 2.09. The summed E-state index contributed by atoms with van der Waals surface area (Å²) in [5.41, 5.74) is 4.53. The largest absolute Gasteiger partial charge is 0.380 e. The minimum atomic E-state index is 0.539. The van der Waals surface area contributed by atoms with Gasteiger partial charge in [-0.3, -0.25) is 0 Å². The molecule has 0 aliphatic heterocycles. The van der Waals surface area contributed by atoms with Crippen molar-refractivity contribution in [1.82, 2.24) is 4.98 Å². The van der Waals surface area contributed by atoms with Crippen LogP contribution in [0.2, 0.25) is 5.15 Å². The fraction of sp³-hybridized carbons (Fsp3) is 0.154. The van der Waals surface area contributed by atoms with Gasteiger partial charge in [-0.25, -0.2) is 4.98 Å². The van der Waals surface area contributed by atoms with Crippen molar-refractivity contribution < 1.29 is 0 Å². The summed E-state index contributed by atoms with van der Waals surface area (Å²) in [5.74, 6) is 0. The number of fused-ring (bicyclic) bond motifs is 1. The first-order valence-corrected chi connectivity index (χ1v) is 7.73. The Kier molecular flexibility index (Phi) is 3.24. The summed E-state index contributed by atoms with van der Waals surface area (Å²) in [6.07, 6.45) is 0. The number of pyridine rings is 1. The molecule has 3 heterocycles. The van der Waals surface area contributed by atoms with Gasteiger partial charge in [0.25, 0.3) is 0 Å². The molecule has 0 aliphatic rings. The molecule has 0 saturated carbocycles. The maximum absolute atomic E-state index is 6.07. The van der Waals surface area contributed by atoms with E-state index >= 15 is 0 Å². The first-order chi connectivity index (χ1) is 8.74. The molecule has 0 bridgehead atoms. The van der Waals surface area contributed by atoms with Crippen molar-refractivity contribution in [3.05, 3.63) is 44.6 Å². The topological polar surface area (TPSA) is 24.9 Å². The molecule has 0 aromatic carbocycles. The Hall–Kier alpha value is -1.10. The number of aryl methyl sites for hydroxylation is 1. The normalized spacial score (nSPS) is 11.0. The predicted octanol–water partition coefficient (Wildman–Crippen LogP) is 4.93. The van der Waals surface area contributed by atoms with Crippen LogP contribution in [0.1, 0.15) is 11.1 Å². The molecule has 2 nitrogen and oxygen atoms in total. The third kappa shape index (κ3) is 2.23. The smallest absolute Gasteiger partial charge is 0.131 e. The number of aromatic nitrogens is 1. The number of halogens is 1. The van der Waals surface area contributed by atoms with E-state index in [1.54, 1.807) is 22.7 Å². The van der Waals surface area contributed by atoms with Gasteiger partial charge in [0.1, 0.15) is 5.15 Å². The molecule has 0 fully saturated rings. The van der Waals surface area contributed by atoms with E-state index < -0.39 is 0 Å². The van der Waals surface area contributed by atoms with Crippen LogP contribution in [-0.2, 0) is 6.54 Å². The van der Waals surface area contributed by atoms with E-state index in [1.807, 2.05) is 6.07 Å². The van der Waals surface area contributed by atoms with Crippen molar-refractivity contribution in [2.75, 3.05) is 5.32 Å². The summed E-state index contributed by atoms with van der Waals surface area (Å²) < 4.78 is 1.17. The lowest BCUT2D eigenvalue weighted by Gasteiger charge is -2.07. The van der Waals surface area contributed by atoms with Crippen LogP contribution in [0.15, 0.2) is 28.3 Å². The second-order valence-corrected chi connectivity index (χ2v) is 6.12. The van der Waals surface area contributed by atoms with E-state index in [0.717, 1.165) is 17.7 Å². The maximum atomic E-state index is 6.07. The Morgan fingerprint density at radius 1 is 1.39 bits per heavy atom. The highest BCUT2D eigenvalue weighted by Crippen LogP contribution is 2.32. The van der Waals surface area contributed by atoms with Crippen LogP contribution in [0.4, 0.5) is 5.69 Å². The van der Waals surface area contributed by atoms with Crippen molar-refractivity contribution in [2.45, 2.75) is 13.5 Å². The first kappa shape index (κ1) is 12.0. The number of hydrogen-bond donors (Lipinski definition) is 1. The van der Waals surface area contributed by atoms with Gasteiger partial charge in [-0.15, -0.1) is 11.3 Å². The minimum absolute atomic E-state index is 0.539. The van der Waals surface area contributed by atoms with Crippen molar-refractivity contribution in [2.24, 2.45) is 0 Å². The SMILES string of the molecule is Cc1csc2c(NCc3ccsc3)cc(Cl)nc12. The van der Waals surface area contributed by atoms with Gasteiger partial charge in [-0.1, -0.05) is 11.6 Å². The first-order valence-electron chi connectivity index (χ1n) is 5.53. The van der Waals surface area contributed by atoms with Crippen molar-refractivity contribution in [3.8, 4) is 0 Å². The van der Waals surface area contributed by atoms with E-state index in [1.165, 1.54) is 15.8 Å². The molecule has 5 heteroatoms. The zero-order valence-electron chi connectivity index (χ0n) is 9.74. The number of thiophene rings is 2. The quantitative estimate of drug-likeness (QED) is 0.693. The summed E-state index contributed by atoms with van der Waals surface area (Å²) in [6, 6.07) is 4.02. The number of hydrogen-bond acceptors (Lipinski definition) is 4. The Balaban J connectivity index is 1.95. The van der Waals surface area contributed by atoms with Crippen molar-refractivity contribution in [1.29, 1.82) is 0 Å². The molecular weight excluding hydrogens is 284 g/mol. The molecule has 3 aromatic heterocycles. The predicted molar refractivity (Wildman–Crippen MR) is 81.0 cm³/mol. The lowest BCUT2D eigenvalue weighted by molar-refractivity contribution is 1.17. The summed E-state index contributed by atoms with van der Waals surface area (Å²) in [7, 11) is 0. The molecule has 0 aliphatic carbocycles. The zero-order valence-corrected chi connectivity index (χ0v) is 12.1. The van der Waals surface area contributed by atoms with Gasteiger partial charge < -0.3 is 5.32 Å². The van der Waals surface area contributed by atoms with Gasteiger partial charge in [-0.2, -0.15) is 11.3 Å². The number of nitrogens with zero attached hydrogens (tertiary/aromatic N) is 1. The molecule has 3 rings (SSSR count). The van der Waals surface area contributed by atoms with E-state index in [-0.39, 0.29) is 0 Å². The third-order valence-electron chi connectivity index (χ3n) is 2.73. The monoisotopic (exact) mass is 294 g/mol.